The van der Waals surface area contributed by atoms with Gasteiger partial charge in [-0.15, -0.1) is 0 Å². The fourth-order valence-corrected chi connectivity index (χ4v) is 4.43. The third-order valence-corrected chi connectivity index (χ3v) is 5.61. The highest BCUT2D eigenvalue weighted by Gasteiger charge is 2.42. The van der Waals surface area contributed by atoms with E-state index in [9.17, 15) is 0 Å². The van der Waals surface area contributed by atoms with Crippen LogP contribution in [0.1, 0.15) is 24.0 Å². The first-order valence-electron chi connectivity index (χ1n) is 8.97. The molecule has 2 aromatic carbocycles. The molecule has 130 valence electrons. The molecule has 1 fully saturated rings. The SMILES string of the molecule is CN1CCCC2(Cc3ccccc3NC2=NCc2cccc(Cl)c2)C1. The van der Waals surface area contributed by atoms with E-state index < -0.39 is 0 Å². The minimum absolute atomic E-state index is 0.0972. The van der Waals surface area contributed by atoms with Gasteiger partial charge >= 0.3 is 0 Å². The minimum Gasteiger partial charge on any atom is -0.343 e. The second kappa shape index (κ2) is 6.81. The number of halogens is 1. The summed E-state index contributed by atoms with van der Waals surface area (Å²) in [5.74, 6) is 1.14. The first-order valence-corrected chi connectivity index (χ1v) is 9.35. The topological polar surface area (TPSA) is 27.6 Å². The summed E-state index contributed by atoms with van der Waals surface area (Å²) >= 11 is 6.12. The molecule has 0 amide bonds. The maximum atomic E-state index is 6.12. The van der Waals surface area contributed by atoms with Gasteiger partial charge in [-0.25, -0.2) is 0 Å². The van der Waals surface area contributed by atoms with Crippen molar-refractivity contribution in [1.29, 1.82) is 0 Å². The van der Waals surface area contributed by atoms with E-state index in [0.717, 1.165) is 29.4 Å². The number of fused-ring (bicyclic) bond motifs is 1. The number of hydrogen-bond donors (Lipinski definition) is 1. The maximum absolute atomic E-state index is 6.12. The van der Waals surface area contributed by atoms with E-state index in [-0.39, 0.29) is 5.41 Å². The lowest BCUT2D eigenvalue weighted by Crippen LogP contribution is -2.52. The Balaban J connectivity index is 1.68. The van der Waals surface area contributed by atoms with Crippen molar-refractivity contribution in [1.82, 2.24) is 4.90 Å². The van der Waals surface area contributed by atoms with E-state index in [2.05, 4.69) is 47.6 Å². The molecule has 0 aromatic heterocycles. The lowest BCUT2D eigenvalue weighted by molar-refractivity contribution is 0.165. The molecule has 25 heavy (non-hydrogen) atoms. The van der Waals surface area contributed by atoms with Crippen LogP contribution < -0.4 is 5.32 Å². The standard InChI is InChI=1S/C21H24ClN3/c1-25-11-5-10-21(15-25)13-17-7-2-3-9-19(17)24-20(21)23-14-16-6-4-8-18(22)12-16/h2-4,6-9,12H,5,10-11,13-15H2,1H3,(H,23,24). The summed E-state index contributed by atoms with van der Waals surface area (Å²) in [6, 6.07) is 16.6. The number of aliphatic imine (C=N–C) groups is 1. The monoisotopic (exact) mass is 353 g/mol. The average molecular weight is 354 g/mol. The van der Waals surface area contributed by atoms with Crippen LogP contribution >= 0.6 is 11.6 Å². The van der Waals surface area contributed by atoms with E-state index in [4.69, 9.17) is 16.6 Å². The highest BCUT2D eigenvalue weighted by Crippen LogP contribution is 2.40. The Labute approximate surface area is 154 Å². The summed E-state index contributed by atoms with van der Waals surface area (Å²) in [5, 5.41) is 4.42. The van der Waals surface area contributed by atoms with Crippen molar-refractivity contribution in [3.05, 3.63) is 64.7 Å². The van der Waals surface area contributed by atoms with Gasteiger partial charge in [0.15, 0.2) is 0 Å². The highest BCUT2D eigenvalue weighted by molar-refractivity contribution is 6.30. The summed E-state index contributed by atoms with van der Waals surface area (Å²) in [6.07, 6.45) is 3.47. The molecule has 2 aliphatic heterocycles. The van der Waals surface area contributed by atoms with E-state index >= 15 is 0 Å². The molecule has 4 rings (SSSR count). The fourth-order valence-electron chi connectivity index (χ4n) is 4.22. The van der Waals surface area contributed by atoms with E-state index in [0.29, 0.717) is 6.54 Å². The molecule has 0 radical (unpaired) electrons. The summed E-state index contributed by atoms with van der Waals surface area (Å²) < 4.78 is 0. The van der Waals surface area contributed by atoms with Crippen molar-refractivity contribution in [3.63, 3.8) is 0 Å². The van der Waals surface area contributed by atoms with Crippen molar-refractivity contribution in [3.8, 4) is 0 Å². The molecule has 0 aliphatic carbocycles. The van der Waals surface area contributed by atoms with Crippen LogP contribution in [0.3, 0.4) is 0 Å². The van der Waals surface area contributed by atoms with Gasteiger partial charge in [0.25, 0.3) is 0 Å². The van der Waals surface area contributed by atoms with Crippen molar-refractivity contribution >= 4 is 23.1 Å². The Morgan fingerprint density at radius 2 is 2.08 bits per heavy atom. The Bertz CT molecular complexity index is 801. The number of amidine groups is 1. The maximum Gasteiger partial charge on any atom is 0.109 e. The van der Waals surface area contributed by atoms with Crippen LogP contribution in [0.4, 0.5) is 5.69 Å². The molecule has 2 aromatic rings. The lowest BCUT2D eigenvalue weighted by Gasteiger charge is -2.45. The molecule has 1 atom stereocenters. The molecule has 1 saturated heterocycles. The van der Waals surface area contributed by atoms with Gasteiger partial charge in [-0.2, -0.15) is 0 Å². The number of piperidine rings is 1. The second-order valence-electron chi connectivity index (χ2n) is 7.38. The van der Waals surface area contributed by atoms with Gasteiger partial charge in [0, 0.05) is 22.7 Å². The molecule has 2 aliphatic rings. The van der Waals surface area contributed by atoms with E-state index in [1.807, 2.05) is 18.2 Å². The predicted octanol–water partition coefficient (Wildman–Crippen LogP) is 4.62. The number of anilines is 1. The third-order valence-electron chi connectivity index (χ3n) is 5.38. The van der Waals surface area contributed by atoms with Gasteiger partial charge < -0.3 is 10.2 Å². The normalized spacial score (nSPS) is 25.0. The zero-order chi connectivity index (χ0) is 17.3. The summed E-state index contributed by atoms with van der Waals surface area (Å²) in [7, 11) is 2.22. The van der Waals surface area contributed by atoms with Crippen molar-refractivity contribution in [2.24, 2.45) is 10.4 Å². The number of nitrogens with zero attached hydrogens (tertiary/aromatic N) is 2. The molecular weight excluding hydrogens is 330 g/mol. The van der Waals surface area contributed by atoms with Crippen molar-refractivity contribution in [2.75, 3.05) is 25.5 Å². The Morgan fingerprint density at radius 3 is 2.92 bits per heavy atom. The van der Waals surface area contributed by atoms with Gasteiger partial charge in [0.2, 0.25) is 0 Å². The van der Waals surface area contributed by atoms with Gasteiger partial charge in [0.1, 0.15) is 5.84 Å². The van der Waals surface area contributed by atoms with Gasteiger partial charge in [-0.05, 0) is 62.2 Å². The highest BCUT2D eigenvalue weighted by atomic mass is 35.5. The second-order valence-corrected chi connectivity index (χ2v) is 7.81. The third kappa shape index (κ3) is 3.44. The molecule has 1 spiro atoms. The Morgan fingerprint density at radius 1 is 1.20 bits per heavy atom. The lowest BCUT2D eigenvalue weighted by atomic mass is 9.71. The largest absolute Gasteiger partial charge is 0.343 e. The predicted molar refractivity (Wildman–Crippen MR) is 106 cm³/mol. The molecule has 1 N–H and O–H groups in total. The zero-order valence-corrected chi connectivity index (χ0v) is 15.4. The van der Waals surface area contributed by atoms with E-state index in [1.165, 1.54) is 30.6 Å². The number of hydrogen-bond acceptors (Lipinski definition) is 2. The summed E-state index contributed by atoms with van der Waals surface area (Å²) in [4.78, 5) is 7.46. The Hall–Kier alpha value is -1.84. The molecule has 0 bridgehead atoms. The molecule has 0 saturated carbocycles. The minimum atomic E-state index is 0.0972. The van der Waals surface area contributed by atoms with Crippen LogP contribution in [-0.4, -0.2) is 30.9 Å². The summed E-state index contributed by atoms with van der Waals surface area (Å²) in [5.41, 5.74) is 3.85. The molecule has 1 unspecified atom stereocenters. The van der Waals surface area contributed by atoms with Crippen LogP contribution in [-0.2, 0) is 13.0 Å². The van der Waals surface area contributed by atoms with Crippen LogP contribution in [0.15, 0.2) is 53.5 Å². The quantitative estimate of drug-likeness (QED) is 0.853. The first kappa shape index (κ1) is 16.6. The number of benzene rings is 2. The van der Waals surface area contributed by atoms with Crippen LogP contribution in [0, 0.1) is 5.41 Å². The van der Waals surface area contributed by atoms with Crippen molar-refractivity contribution < 1.29 is 0 Å². The van der Waals surface area contributed by atoms with Crippen molar-refractivity contribution in [2.45, 2.75) is 25.8 Å². The smallest absolute Gasteiger partial charge is 0.109 e. The van der Waals surface area contributed by atoms with Gasteiger partial charge in [-0.1, -0.05) is 41.9 Å². The average Bonchev–Trinajstić information content (AvgIpc) is 2.60. The fraction of sp³-hybridized carbons (Fsp3) is 0.381. The van der Waals surface area contributed by atoms with Crippen LogP contribution in [0.2, 0.25) is 5.02 Å². The molecular formula is C21H24ClN3. The zero-order valence-electron chi connectivity index (χ0n) is 14.6. The number of rotatable bonds is 2. The number of likely N-dealkylation sites (tertiary alicyclic amines) is 1. The summed E-state index contributed by atoms with van der Waals surface area (Å²) in [6.45, 7) is 2.89. The molecule has 2 heterocycles. The number of nitrogens with one attached hydrogen (secondary N) is 1. The van der Waals surface area contributed by atoms with Gasteiger partial charge in [-0.3, -0.25) is 4.99 Å². The number of para-hydroxylation sites is 1. The van der Waals surface area contributed by atoms with Crippen LogP contribution in [0.5, 0.6) is 0 Å². The van der Waals surface area contributed by atoms with E-state index in [1.54, 1.807) is 0 Å². The molecule has 3 nitrogen and oxygen atoms in total. The Kier molecular flexibility index (Phi) is 4.53. The van der Waals surface area contributed by atoms with Crippen LogP contribution in [0.25, 0.3) is 0 Å². The first-order chi connectivity index (χ1) is 12.1. The molecule has 4 heteroatoms. The van der Waals surface area contributed by atoms with Gasteiger partial charge in [0.05, 0.1) is 6.54 Å².